The highest BCUT2D eigenvalue weighted by atomic mass is 19.4. The van der Waals surface area contributed by atoms with Crippen molar-refractivity contribution in [1.29, 1.82) is 0 Å². The molecule has 1 amide bonds. The number of hydrogen-bond donors (Lipinski definition) is 1. The van der Waals surface area contributed by atoms with Gasteiger partial charge < -0.3 is 10.0 Å². The molecule has 0 aliphatic heterocycles. The first-order valence-electron chi connectivity index (χ1n) is 12.0. The molecule has 0 atom stereocenters. The molecule has 0 aliphatic rings. The Kier molecular flexibility index (Phi) is 11.1. The standard InChI is InChI=1S/C27H34F3NO3/c1-2-3-4-5-6-7-8-9-10-21-11-13-22(14-12-21)19-31(25(32)26(33)34)20-23-15-17-24(18-16-23)27(28,29)30/h11-18H,2-10,19-20H2,1H3,(H,33,34). The summed E-state index contributed by atoms with van der Waals surface area (Å²) in [5.41, 5.74) is 1.59. The summed E-state index contributed by atoms with van der Waals surface area (Å²) in [6.45, 7) is 2.18. The van der Waals surface area contributed by atoms with Gasteiger partial charge in [0.2, 0.25) is 0 Å². The molecule has 2 aromatic rings. The number of aryl methyl sites for hydroxylation is 1. The van der Waals surface area contributed by atoms with E-state index in [-0.39, 0.29) is 13.1 Å². The number of halogens is 3. The summed E-state index contributed by atoms with van der Waals surface area (Å²) in [6.07, 6.45) is 6.55. The number of amides is 1. The van der Waals surface area contributed by atoms with Gasteiger partial charge in [-0.2, -0.15) is 13.2 Å². The number of benzene rings is 2. The Bertz CT molecular complexity index is 893. The van der Waals surface area contributed by atoms with Crippen molar-refractivity contribution in [2.24, 2.45) is 0 Å². The smallest absolute Gasteiger partial charge is 0.416 e. The van der Waals surface area contributed by atoms with Gasteiger partial charge >= 0.3 is 18.1 Å². The molecule has 186 valence electrons. The average Bonchev–Trinajstić information content (AvgIpc) is 2.80. The molecule has 0 spiro atoms. The fourth-order valence-corrected chi connectivity index (χ4v) is 3.85. The Morgan fingerprint density at radius 3 is 1.65 bits per heavy atom. The molecule has 1 N–H and O–H groups in total. The number of aliphatic carboxylic acids is 1. The van der Waals surface area contributed by atoms with Crippen molar-refractivity contribution in [1.82, 2.24) is 4.90 Å². The van der Waals surface area contributed by atoms with Gasteiger partial charge in [0.1, 0.15) is 0 Å². The summed E-state index contributed by atoms with van der Waals surface area (Å²) in [5.74, 6) is -2.69. The topological polar surface area (TPSA) is 57.6 Å². The number of carbonyl (C=O) groups excluding carboxylic acids is 1. The van der Waals surface area contributed by atoms with Crippen LogP contribution in [0.2, 0.25) is 0 Å². The van der Waals surface area contributed by atoms with Crippen LogP contribution in [0.5, 0.6) is 0 Å². The lowest BCUT2D eigenvalue weighted by Gasteiger charge is -2.21. The third kappa shape index (κ3) is 9.57. The summed E-state index contributed by atoms with van der Waals surface area (Å²) in [5, 5.41) is 9.16. The van der Waals surface area contributed by atoms with Gasteiger partial charge in [0.25, 0.3) is 0 Å². The van der Waals surface area contributed by atoms with E-state index >= 15 is 0 Å². The first-order chi connectivity index (χ1) is 16.2. The van der Waals surface area contributed by atoms with Crippen LogP contribution in [0.1, 0.15) is 80.5 Å². The van der Waals surface area contributed by atoms with Crippen LogP contribution in [-0.4, -0.2) is 21.9 Å². The van der Waals surface area contributed by atoms with Gasteiger partial charge in [0.15, 0.2) is 0 Å². The van der Waals surface area contributed by atoms with E-state index in [0.29, 0.717) is 5.56 Å². The SMILES string of the molecule is CCCCCCCCCCc1ccc(CN(Cc2ccc(C(F)(F)F)cc2)C(=O)C(=O)O)cc1. The number of unbranched alkanes of at least 4 members (excludes halogenated alkanes) is 7. The van der Waals surface area contributed by atoms with Crippen molar-refractivity contribution in [2.75, 3.05) is 0 Å². The predicted molar refractivity (Wildman–Crippen MR) is 126 cm³/mol. The van der Waals surface area contributed by atoms with Crippen molar-refractivity contribution >= 4 is 11.9 Å². The average molecular weight is 478 g/mol. The summed E-state index contributed by atoms with van der Waals surface area (Å²) in [7, 11) is 0. The van der Waals surface area contributed by atoms with Crippen LogP contribution < -0.4 is 0 Å². The maximum absolute atomic E-state index is 12.8. The van der Waals surface area contributed by atoms with Gasteiger partial charge in [0, 0.05) is 13.1 Å². The molecule has 2 rings (SSSR count). The highest BCUT2D eigenvalue weighted by Gasteiger charge is 2.30. The predicted octanol–water partition coefficient (Wildman–Crippen LogP) is 7.00. The van der Waals surface area contributed by atoms with Gasteiger partial charge in [-0.05, 0) is 41.7 Å². The van der Waals surface area contributed by atoms with Crippen molar-refractivity contribution in [3.8, 4) is 0 Å². The molecule has 0 saturated carbocycles. The first kappa shape index (κ1) is 27.4. The Morgan fingerprint density at radius 1 is 0.735 bits per heavy atom. The van der Waals surface area contributed by atoms with Crippen LogP contribution in [0.4, 0.5) is 13.2 Å². The van der Waals surface area contributed by atoms with E-state index in [1.165, 1.54) is 62.6 Å². The molecule has 0 saturated heterocycles. The molecule has 0 bridgehead atoms. The van der Waals surface area contributed by atoms with Crippen LogP contribution in [0, 0.1) is 0 Å². The van der Waals surface area contributed by atoms with Gasteiger partial charge in [-0.25, -0.2) is 4.79 Å². The lowest BCUT2D eigenvalue weighted by molar-refractivity contribution is -0.156. The molecule has 7 heteroatoms. The summed E-state index contributed by atoms with van der Waals surface area (Å²) in [6, 6.07) is 12.1. The first-order valence-corrected chi connectivity index (χ1v) is 12.0. The molecular formula is C27H34F3NO3. The van der Waals surface area contributed by atoms with E-state index in [9.17, 15) is 22.8 Å². The zero-order chi connectivity index (χ0) is 25.0. The number of rotatable bonds is 13. The number of alkyl halides is 3. The second kappa shape index (κ2) is 13.8. The zero-order valence-corrected chi connectivity index (χ0v) is 19.7. The van der Waals surface area contributed by atoms with Crippen LogP contribution in [0.15, 0.2) is 48.5 Å². The van der Waals surface area contributed by atoms with E-state index in [1.807, 2.05) is 24.3 Å². The van der Waals surface area contributed by atoms with Crippen LogP contribution in [0.25, 0.3) is 0 Å². The van der Waals surface area contributed by atoms with E-state index in [0.717, 1.165) is 35.4 Å². The maximum atomic E-state index is 12.8. The summed E-state index contributed by atoms with van der Waals surface area (Å²) < 4.78 is 38.3. The Labute approximate surface area is 199 Å². The molecule has 0 heterocycles. The second-order valence-corrected chi connectivity index (χ2v) is 8.70. The zero-order valence-electron chi connectivity index (χ0n) is 19.7. The molecule has 0 aliphatic carbocycles. The molecule has 2 aromatic carbocycles. The largest absolute Gasteiger partial charge is 0.474 e. The lowest BCUT2D eigenvalue weighted by atomic mass is 10.0. The molecule has 0 aromatic heterocycles. The van der Waals surface area contributed by atoms with E-state index in [2.05, 4.69) is 6.92 Å². The van der Waals surface area contributed by atoms with Crippen molar-refractivity contribution in [2.45, 2.75) is 84.0 Å². The van der Waals surface area contributed by atoms with Crippen molar-refractivity contribution in [3.63, 3.8) is 0 Å². The number of nitrogens with zero attached hydrogens (tertiary/aromatic N) is 1. The minimum atomic E-state index is -4.45. The third-order valence-corrected chi connectivity index (χ3v) is 5.84. The van der Waals surface area contributed by atoms with Gasteiger partial charge in [0.05, 0.1) is 5.56 Å². The van der Waals surface area contributed by atoms with Gasteiger partial charge in [-0.1, -0.05) is 88.3 Å². The Morgan fingerprint density at radius 2 is 1.18 bits per heavy atom. The van der Waals surface area contributed by atoms with Crippen LogP contribution in [0.3, 0.4) is 0 Å². The molecule has 4 nitrogen and oxygen atoms in total. The van der Waals surface area contributed by atoms with Crippen molar-refractivity contribution < 1.29 is 27.9 Å². The quantitative estimate of drug-likeness (QED) is 0.250. The van der Waals surface area contributed by atoms with E-state index < -0.39 is 23.6 Å². The minimum absolute atomic E-state index is 0.0597. The van der Waals surface area contributed by atoms with Crippen molar-refractivity contribution in [3.05, 3.63) is 70.8 Å². The molecular weight excluding hydrogens is 443 g/mol. The second-order valence-electron chi connectivity index (χ2n) is 8.70. The minimum Gasteiger partial charge on any atom is -0.474 e. The normalized spacial score (nSPS) is 11.4. The number of hydrogen-bond acceptors (Lipinski definition) is 2. The number of carboxylic acid groups (broad SMARTS) is 1. The number of carboxylic acids is 1. The molecule has 34 heavy (non-hydrogen) atoms. The third-order valence-electron chi connectivity index (χ3n) is 5.84. The lowest BCUT2D eigenvalue weighted by Crippen LogP contribution is -2.35. The Hall–Kier alpha value is -2.83. The Balaban J connectivity index is 1.90. The van der Waals surface area contributed by atoms with Gasteiger partial charge in [-0.3, -0.25) is 4.79 Å². The highest BCUT2D eigenvalue weighted by Crippen LogP contribution is 2.29. The summed E-state index contributed by atoms with van der Waals surface area (Å²) in [4.78, 5) is 24.6. The molecule has 0 unspecified atom stereocenters. The molecule has 0 radical (unpaired) electrons. The van der Waals surface area contributed by atoms with Crippen LogP contribution in [-0.2, 0) is 35.3 Å². The highest BCUT2D eigenvalue weighted by molar-refractivity contribution is 6.31. The monoisotopic (exact) mass is 477 g/mol. The fourth-order valence-electron chi connectivity index (χ4n) is 3.85. The van der Waals surface area contributed by atoms with Gasteiger partial charge in [-0.15, -0.1) is 0 Å². The van der Waals surface area contributed by atoms with E-state index in [4.69, 9.17) is 5.11 Å². The maximum Gasteiger partial charge on any atom is 0.416 e. The number of carbonyl (C=O) groups is 2. The van der Waals surface area contributed by atoms with Crippen LogP contribution >= 0.6 is 0 Å². The van der Waals surface area contributed by atoms with E-state index in [1.54, 1.807) is 0 Å². The fraction of sp³-hybridized carbons (Fsp3) is 0.481. The summed E-state index contributed by atoms with van der Waals surface area (Å²) >= 11 is 0. The molecule has 0 fully saturated rings.